The van der Waals surface area contributed by atoms with Crippen LogP contribution in [0.5, 0.6) is 0 Å². The third-order valence-corrected chi connectivity index (χ3v) is 5.52. The molecular formula is C19H14N4O4S. The van der Waals surface area contributed by atoms with Gasteiger partial charge in [-0.2, -0.15) is 0 Å². The molecule has 0 unspecified atom stereocenters. The minimum Gasteiger partial charge on any atom is -0.456 e. The van der Waals surface area contributed by atoms with Crippen molar-refractivity contribution in [3.63, 3.8) is 0 Å². The summed E-state index contributed by atoms with van der Waals surface area (Å²) in [4.78, 5) is 46.3. The Morgan fingerprint density at radius 1 is 1.21 bits per heavy atom. The topological polar surface area (TPSA) is 95.6 Å². The predicted molar refractivity (Wildman–Crippen MR) is 103 cm³/mol. The Labute approximate surface area is 161 Å². The summed E-state index contributed by atoms with van der Waals surface area (Å²) in [6.45, 7) is 0.573. The van der Waals surface area contributed by atoms with E-state index in [0.29, 0.717) is 33.7 Å². The van der Waals surface area contributed by atoms with Crippen LogP contribution in [0.3, 0.4) is 0 Å². The maximum atomic E-state index is 12.5. The fourth-order valence-corrected chi connectivity index (χ4v) is 4.13. The lowest BCUT2D eigenvalue weighted by atomic mass is 10.1. The van der Waals surface area contributed by atoms with Gasteiger partial charge in [-0.15, -0.1) is 11.3 Å². The van der Waals surface area contributed by atoms with E-state index in [1.54, 1.807) is 34.3 Å². The summed E-state index contributed by atoms with van der Waals surface area (Å²) in [6.07, 6.45) is 3.30. The molecule has 9 heteroatoms. The van der Waals surface area contributed by atoms with Crippen molar-refractivity contribution in [1.82, 2.24) is 18.9 Å². The number of nitrogens with zero attached hydrogens (tertiary/aromatic N) is 4. The molecule has 4 heterocycles. The normalized spacial score (nSPS) is 13.1. The Balaban J connectivity index is 1.41. The maximum Gasteiger partial charge on any atom is 0.338 e. The molecule has 8 nitrogen and oxygen atoms in total. The molecule has 0 radical (unpaired) electrons. The van der Waals surface area contributed by atoms with E-state index >= 15 is 0 Å². The van der Waals surface area contributed by atoms with Crippen molar-refractivity contribution >= 4 is 33.2 Å². The van der Waals surface area contributed by atoms with Gasteiger partial charge in [0.05, 0.1) is 22.2 Å². The SMILES string of the molecule is O=C(OCc1cc(=O)n2ccsc2n1)c1ccc2c(=O)n3c(nc2c1)CCC3. The number of esters is 1. The van der Waals surface area contributed by atoms with Crippen molar-refractivity contribution in [2.24, 2.45) is 0 Å². The highest BCUT2D eigenvalue weighted by molar-refractivity contribution is 7.15. The van der Waals surface area contributed by atoms with Crippen LogP contribution in [0.1, 0.15) is 28.3 Å². The van der Waals surface area contributed by atoms with Gasteiger partial charge in [0.25, 0.3) is 11.1 Å². The Kier molecular flexibility index (Phi) is 3.83. The van der Waals surface area contributed by atoms with Crippen LogP contribution >= 0.6 is 11.3 Å². The number of carbonyl (C=O) groups is 1. The van der Waals surface area contributed by atoms with E-state index in [4.69, 9.17) is 4.74 Å². The van der Waals surface area contributed by atoms with Crippen LogP contribution < -0.4 is 11.1 Å². The van der Waals surface area contributed by atoms with Gasteiger partial charge in [-0.05, 0) is 24.6 Å². The molecule has 3 aromatic heterocycles. The summed E-state index contributed by atoms with van der Waals surface area (Å²) in [5, 5.41) is 2.25. The van der Waals surface area contributed by atoms with E-state index in [-0.39, 0.29) is 17.7 Å². The second kappa shape index (κ2) is 6.38. The summed E-state index contributed by atoms with van der Waals surface area (Å²) in [5.41, 5.74) is 0.879. The van der Waals surface area contributed by atoms with Crippen molar-refractivity contribution in [3.8, 4) is 0 Å². The third kappa shape index (κ3) is 2.71. The average Bonchev–Trinajstić information content (AvgIpc) is 3.35. The molecule has 0 N–H and O–H groups in total. The molecule has 0 bridgehead atoms. The van der Waals surface area contributed by atoms with E-state index in [1.807, 2.05) is 0 Å². The third-order valence-electron chi connectivity index (χ3n) is 4.76. The fourth-order valence-electron chi connectivity index (χ4n) is 3.40. The van der Waals surface area contributed by atoms with Gasteiger partial charge >= 0.3 is 5.97 Å². The highest BCUT2D eigenvalue weighted by Gasteiger charge is 2.17. The van der Waals surface area contributed by atoms with E-state index < -0.39 is 5.97 Å². The first-order valence-electron chi connectivity index (χ1n) is 8.76. The smallest absolute Gasteiger partial charge is 0.338 e. The van der Waals surface area contributed by atoms with Crippen molar-refractivity contribution in [1.29, 1.82) is 0 Å². The van der Waals surface area contributed by atoms with Gasteiger partial charge in [-0.1, -0.05) is 0 Å². The van der Waals surface area contributed by atoms with E-state index in [0.717, 1.165) is 18.7 Å². The maximum absolute atomic E-state index is 12.5. The van der Waals surface area contributed by atoms with Crippen LogP contribution in [0.15, 0.2) is 45.4 Å². The van der Waals surface area contributed by atoms with Crippen LogP contribution in [0, 0.1) is 0 Å². The van der Waals surface area contributed by atoms with Crippen molar-refractivity contribution in [2.45, 2.75) is 26.0 Å². The quantitative estimate of drug-likeness (QED) is 0.492. The van der Waals surface area contributed by atoms with Gasteiger partial charge in [0.2, 0.25) is 0 Å². The van der Waals surface area contributed by atoms with Crippen LogP contribution in [-0.2, 0) is 24.3 Å². The first-order chi connectivity index (χ1) is 13.6. The van der Waals surface area contributed by atoms with Gasteiger partial charge in [-0.3, -0.25) is 18.6 Å². The van der Waals surface area contributed by atoms with Crippen LogP contribution in [-0.4, -0.2) is 24.9 Å². The number of carbonyl (C=O) groups excluding carboxylic acids is 1. The zero-order chi connectivity index (χ0) is 19.3. The number of hydrogen-bond acceptors (Lipinski definition) is 7. The molecule has 0 atom stereocenters. The van der Waals surface area contributed by atoms with Crippen molar-refractivity contribution in [3.05, 3.63) is 73.6 Å². The monoisotopic (exact) mass is 394 g/mol. The molecule has 1 aliphatic rings. The first-order valence-corrected chi connectivity index (χ1v) is 9.64. The summed E-state index contributed by atoms with van der Waals surface area (Å²) in [7, 11) is 0. The Bertz CT molecular complexity index is 1370. The van der Waals surface area contributed by atoms with Gasteiger partial charge < -0.3 is 4.74 Å². The summed E-state index contributed by atoms with van der Waals surface area (Å²) >= 11 is 1.33. The van der Waals surface area contributed by atoms with E-state index in [9.17, 15) is 14.4 Å². The average molecular weight is 394 g/mol. The number of benzene rings is 1. The lowest BCUT2D eigenvalue weighted by Crippen LogP contribution is -2.21. The Morgan fingerprint density at radius 2 is 2.11 bits per heavy atom. The molecule has 4 aromatic rings. The highest BCUT2D eigenvalue weighted by Crippen LogP contribution is 2.17. The number of ether oxygens (including phenoxy) is 1. The second-order valence-corrected chi connectivity index (χ2v) is 7.41. The van der Waals surface area contributed by atoms with Crippen LogP contribution in [0.2, 0.25) is 0 Å². The molecule has 0 saturated heterocycles. The number of hydrogen-bond donors (Lipinski definition) is 0. The van der Waals surface area contributed by atoms with Crippen molar-refractivity contribution in [2.75, 3.05) is 0 Å². The predicted octanol–water partition coefficient (Wildman–Crippen LogP) is 1.77. The van der Waals surface area contributed by atoms with Gasteiger partial charge in [0.1, 0.15) is 12.4 Å². The minimum atomic E-state index is -0.558. The molecule has 0 fully saturated rings. The molecule has 28 heavy (non-hydrogen) atoms. The number of thiazole rings is 1. The molecule has 0 amide bonds. The Hall–Kier alpha value is -3.33. The largest absolute Gasteiger partial charge is 0.456 e. The number of aromatic nitrogens is 4. The number of rotatable bonds is 3. The van der Waals surface area contributed by atoms with E-state index in [1.165, 1.54) is 21.8 Å². The first kappa shape index (κ1) is 16.8. The summed E-state index contributed by atoms with van der Waals surface area (Å²) in [5.74, 6) is 0.189. The standard InChI is InChI=1S/C19H14N4O4S/c24-16-9-12(20-19-23(16)6-7-28-19)10-27-18(26)11-3-4-13-14(8-11)21-15-2-1-5-22(15)17(13)25/h3-4,6-9H,1-2,5,10H2. The molecule has 5 rings (SSSR count). The fraction of sp³-hybridized carbons (Fsp3) is 0.211. The van der Waals surface area contributed by atoms with Crippen LogP contribution in [0.4, 0.5) is 0 Å². The number of aryl methyl sites for hydroxylation is 1. The zero-order valence-electron chi connectivity index (χ0n) is 14.6. The van der Waals surface area contributed by atoms with Crippen molar-refractivity contribution < 1.29 is 9.53 Å². The Morgan fingerprint density at radius 3 is 3.00 bits per heavy atom. The zero-order valence-corrected chi connectivity index (χ0v) is 15.4. The summed E-state index contributed by atoms with van der Waals surface area (Å²) in [6, 6.07) is 6.08. The second-order valence-electron chi connectivity index (χ2n) is 6.54. The lowest BCUT2D eigenvalue weighted by molar-refractivity contribution is 0.0468. The van der Waals surface area contributed by atoms with E-state index in [2.05, 4.69) is 9.97 Å². The van der Waals surface area contributed by atoms with Gasteiger partial charge in [-0.25, -0.2) is 14.8 Å². The molecule has 0 aliphatic carbocycles. The molecule has 0 saturated carbocycles. The van der Waals surface area contributed by atoms with Gasteiger partial charge in [0, 0.05) is 30.6 Å². The highest BCUT2D eigenvalue weighted by atomic mass is 32.1. The summed E-state index contributed by atoms with van der Waals surface area (Å²) < 4.78 is 8.43. The molecular weight excluding hydrogens is 380 g/mol. The number of fused-ring (bicyclic) bond motifs is 3. The molecule has 1 aromatic carbocycles. The minimum absolute atomic E-state index is 0.0775. The van der Waals surface area contributed by atoms with Gasteiger partial charge in [0.15, 0.2) is 4.96 Å². The molecule has 0 spiro atoms. The van der Waals surface area contributed by atoms with Crippen LogP contribution in [0.25, 0.3) is 15.9 Å². The lowest BCUT2D eigenvalue weighted by Gasteiger charge is -2.07. The molecule has 1 aliphatic heterocycles. The molecule has 140 valence electrons.